The first-order valence-electron chi connectivity index (χ1n) is 27.0. The van der Waals surface area contributed by atoms with Crippen molar-refractivity contribution in [3.8, 4) is 0 Å². The van der Waals surface area contributed by atoms with Crippen molar-refractivity contribution in [3.63, 3.8) is 0 Å². The first kappa shape index (κ1) is 60.1. The zero-order valence-electron chi connectivity index (χ0n) is 42.4. The third-order valence-electron chi connectivity index (χ3n) is 12.9. The minimum absolute atomic E-state index is 0.0955. The highest BCUT2D eigenvalue weighted by molar-refractivity contribution is 5.71. The number of unbranched alkanes of at least 4 members (excludes halogenated alkanes) is 24. The Labute approximate surface area is 385 Å². The molecular formula is C55H105NO6. The van der Waals surface area contributed by atoms with Crippen LogP contribution in [0.4, 0.5) is 0 Å². The molecule has 0 aromatic heterocycles. The lowest BCUT2D eigenvalue weighted by Crippen LogP contribution is -2.28. The van der Waals surface area contributed by atoms with Crippen LogP contribution in [0.2, 0.25) is 0 Å². The van der Waals surface area contributed by atoms with Gasteiger partial charge in [-0.15, -0.1) is 0 Å². The fourth-order valence-corrected chi connectivity index (χ4v) is 8.73. The second-order valence-corrected chi connectivity index (χ2v) is 19.1. The number of allylic oxidation sites excluding steroid dienone is 2. The van der Waals surface area contributed by atoms with Crippen LogP contribution < -0.4 is 0 Å². The van der Waals surface area contributed by atoms with Crippen molar-refractivity contribution in [1.29, 1.82) is 0 Å². The number of hydrogen-bond donors (Lipinski definition) is 0. The summed E-state index contributed by atoms with van der Waals surface area (Å²) in [6.07, 6.45) is 46.2. The number of hydrogen-bond acceptors (Lipinski definition) is 7. The van der Waals surface area contributed by atoms with E-state index in [1.54, 1.807) is 0 Å². The van der Waals surface area contributed by atoms with Gasteiger partial charge in [0.2, 0.25) is 0 Å². The molecule has 4 unspecified atom stereocenters. The van der Waals surface area contributed by atoms with Gasteiger partial charge in [0, 0.05) is 25.3 Å². The summed E-state index contributed by atoms with van der Waals surface area (Å²) in [5, 5.41) is 0. The summed E-state index contributed by atoms with van der Waals surface area (Å²) in [7, 11) is 3.91. The maximum atomic E-state index is 13.1. The molecule has 0 heterocycles. The second kappa shape index (κ2) is 45.7. The highest BCUT2D eigenvalue weighted by Crippen LogP contribution is 2.39. The molecular weight excluding hydrogens is 771 g/mol. The Morgan fingerprint density at radius 3 is 1.50 bits per heavy atom. The van der Waals surface area contributed by atoms with E-state index in [2.05, 4.69) is 46.8 Å². The molecule has 4 atom stereocenters. The smallest absolute Gasteiger partial charge is 0.307 e. The minimum Gasteiger partial charge on any atom is -0.466 e. The van der Waals surface area contributed by atoms with Crippen molar-refractivity contribution >= 4 is 17.9 Å². The topological polar surface area (TPSA) is 82.1 Å². The van der Waals surface area contributed by atoms with E-state index < -0.39 is 0 Å². The normalized spacial score (nSPS) is 16.7. The lowest BCUT2D eigenvalue weighted by Gasteiger charge is -2.24. The van der Waals surface area contributed by atoms with E-state index in [4.69, 9.17) is 14.2 Å². The molecule has 366 valence electrons. The largest absolute Gasteiger partial charge is 0.466 e. The lowest BCUT2D eigenvalue weighted by molar-refractivity contribution is -0.152. The van der Waals surface area contributed by atoms with E-state index in [0.29, 0.717) is 45.4 Å². The molecule has 7 heteroatoms. The SMILES string of the molecule is CC/C=C\CC1C(CC(=O)OCCC(CCCCCCCCCCCCCCCCCC)COC(=O)CCCCCCC)CCC1OC(=O)CCN(C)C.CCCCCCCC. The van der Waals surface area contributed by atoms with Crippen LogP contribution >= 0.6 is 0 Å². The average molecular weight is 876 g/mol. The van der Waals surface area contributed by atoms with Gasteiger partial charge in [-0.3, -0.25) is 14.4 Å². The molecule has 0 bridgehead atoms. The second-order valence-electron chi connectivity index (χ2n) is 19.1. The van der Waals surface area contributed by atoms with E-state index in [9.17, 15) is 14.4 Å². The van der Waals surface area contributed by atoms with Gasteiger partial charge in [-0.05, 0) is 70.9 Å². The Hall–Kier alpha value is -1.89. The van der Waals surface area contributed by atoms with E-state index in [1.807, 2.05) is 19.0 Å². The fourth-order valence-electron chi connectivity index (χ4n) is 8.73. The summed E-state index contributed by atoms with van der Waals surface area (Å²) in [6.45, 7) is 12.5. The van der Waals surface area contributed by atoms with Crippen LogP contribution in [0.25, 0.3) is 0 Å². The van der Waals surface area contributed by atoms with Crippen molar-refractivity contribution in [3.05, 3.63) is 12.2 Å². The third-order valence-corrected chi connectivity index (χ3v) is 12.9. The Balaban J connectivity index is 0.00000420. The molecule has 0 aromatic carbocycles. The predicted molar refractivity (Wildman–Crippen MR) is 265 cm³/mol. The maximum absolute atomic E-state index is 13.1. The minimum atomic E-state index is -0.172. The molecule has 1 aliphatic carbocycles. The van der Waals surface area contributed by atoms with E-state index >= 15 is 0 Å². The summed E-state index contributed by atoms with van der Waals surface area (Å²) in [4.78, 5) is 40.1. The molecule has 1 saturated carbocycles. The Bertz CT molecular complexity index is 1020. The zero-order valence-corrected chi connectivity index (χ0v) is 42.4. The lowest BCUT2D eigenvalue weighted by atomic mass is 9.88. The van der Waals surface area contributed by atoms with E-state index in [-0.39, 0.29) is 41.8 Å². The van der Waals surface area contributed by atoms with Crippen LogP contribution in [0.3, 0.4) is 0 Å². The van der Waals surface area contributed by atoms with Crippen LogP contribution in [0, 0.1) is 17.8 Å². The number of rotatable bonds is 42. The first-order chi connectivity index (χ1) is 30.2. The summed E-state index contributed by atoms with van der Waals surface area (Å²) in [5.41, 5.74) is 0. The van der Waals surface area contributed by atoms with Crippen molar-refractivity contribution in [2.45, 2.75) is 272 Å². The van der Waals surface area contributed by atoms with Crippen molar-refractivity contribution in [2.24, 2.45) is 17.8 Å². The fraction of sp³-hybridized carbons (Fsp3) is 0.909. The molecule has 1 aliphatic rings. The number of esters is 3. The number of carbonyl (C=O) groups is 3. The number of ether oxygens (including phenoxy) is 3. The molecule has 0 aliphatic heterocycles. The van der Waals surface area contributed by atoms with E-state index in [0.717, 1.165) is 51.4 Å². The van der Waals surface area contributed by atoms with Gasteiger partial charge in [0.25, 0.3) is 0 Å². The van der Waals surface area contributed by atoms with Gasteiger partial charge in [0.15, 0.2) is 0 Å². The molecule has 0 N–H and O–H groups in total. The van der Waals surface area contributed by atoms with Gasteiger partial charge in [0.1, 0.15) is 6.10 Å². The van der Waals surface area contributed by atoms with E-state index in [1.165, 1.54) is 154 Å². The molecule has 0 radical (unpaired) electrons. The molecule has 0 saturated heterocycles. The Kier molecular flexibility index (Phi) is 44.3. The summed E-state index contributed by atoms with van der Waals surface area (Å²) >= 11 is 0. The zero-order chi connectivity index (χ0) is 45.7. The molecule has 1 fully saturated rings. The van der Waals surface area contributed by atoms with Crippen molar-refractivity contribution < 1.29 is 28.6 Å². The van der Waals surface area contributed by atoms with Crippen molar-refractivity contribution in [1.82, 2.24) is 4.90 Å². The Morgan fingerprint density at radius 1 is 0.532 bits per heavy atom. The first-order valence-corrected chi connectivity index (χ1v) is 27.0. The Morgan fingerprint density at radius 2 is 1.02 bits per heavy atom. The standard InChI is InChI=1S/C47H87NO6.C8H18/c1-6-9-12-14-15-16-17-18-19-20-21-22-23-24-26-28-30-41(40-53-45(49)32-29-25-13-10-7-2)36-38-52-47(51)39-42-33-34-44(43(42)31-27-11-8-3)54-46(50)35-37-48(4)5;1-3-5-7-8-6-4-2/h11,27,41-44H,6-10,12-26,28-40H2,1-5H3;3-8H2,1-2H3/b27-11-;. The highest BCUT2D eigenvalue weighted by Gasteiger charge is 2.39. The molecule has 0 spiro atoms. The van der Waals surface area contributed by atoms with Gasteiger partial charge >= 0.3 is 17.9 Å². The van der Waals surface area contributed by atoms with Gasteiger partial charge in [-0.1, -0.05) is 214 Å². The van der Waals surface area contributed by atoms with Gasteiger partial charge in [-0.2, -0.15) is 0 Å². The number of nitrogens with zero attached hydrogens (tertiary/aromatic N) is 1. The highest BCUT2D eigenvalue weighted by atomic mass is 16.5. The van der Waals surface area contributed by atoms with Crippen LogP contribution in [0.5, 0.6) is 0 Å². The van der Waals surface area contributed by atoms with Crippen molar-refractivity contribution in [2.75, 3.05) is 33.9 Å². The quantitative estimate of drug-likeness (QED) is 0.0261. The van der Waals surface area contributed by atoms with Gasteiger partial charge < -0.3 is 19.1 Å². The predicted octanol–water partition coefficient (Wildman–Crippen LogP) is 16.1. The van der Waals surface area contributed by atoms with Crippen LogP contribution in [0.1, 0.15) is 266 Å². The van der Waals surface area contributed by atoms with Crippen LogP contribution in [0.15, 0.2) is 12.2 Å². The molecule has 0 amide bonds. The van der Waals surface area contributed by atoms with Gasteiger partial charge in [0.05, 0.1) is 19.6 Å². The average Bonchev–Trinajstić information content (AvgIpc) is 3.62. The monoisotopic (exact) mass is 876 g/mol. The maximum Gasteiger partial charge on any atom is 0.307 e. The number of carbonyl (C=O) groups excluding carboxylic acids is 3. The summed E-state index contributed by atoms with van der Waals surface area (Å²) in [5.74, 6) is 0.0560. The van der Waals surface area contributed by atoms with Gasteiger partial charge in [-0.25, -0.2) is 0 Å². The third kappa shape index (κ3) is 38.6. The molecule has 7 nitrogen and oxygen atoms in total. The van der Waals surface area contributed by atoms with Crippen LogP contribution in [-0.4, -0.2) is 62.8 Å². The molecule has 1 rings (SSSR count). The molecule has 0 aromatic rings. The summed E-state index contributed by atoms with van der Waals surface area (Å²) in [6, 6.07) is 0. The molecule has 62 heavy (non-hydrogen) atoms. The summed E-state index contributed by atoms with van der Waals surface area (Å²) < 4.78 is 17.5. The van der Waals surface area contributed by atoms with Crippen LogP contribution in [-0.2, 0) is 28.6 Å².